The smallest absolute Gasteiger partial charge is 0.305 e. The number of fused-ring (bicyclic) bond motifs is 1. The van der Waals surface area contributed by atoms with Crippen molar-refractivity contribution >= 4 is 44.8 Å². The fourth-order valence-electron chi connectivity index (χ4n) is 3.09. The molecule has 1 fully saturated rings. The predicted molar refractivity (Wildman–Crippen MR) is 99.2 cm³/mol. The van der Waals surface area contributed by atoms with E-state index in [1.54, 1.807) is 17.4 Å². The Kier molecular flexibility index (Phi) is 4.05. The van der Waals surface area contributed by atoms with Gasteiger partial charge in [0, 0.05) is 0 Å². The summed E-state index contributed by atoms with van der Waals surface area (Å²) in [6, 6.07) is 11.6. The van der Waals surface area contributed by atoms with Gasteiger partial charge >= 0.3 is 5.97 Å². The monoisotopic (exact) mass is 372 g/mol. The lowest BCUT2D eigenvalue weighted by atomic mass is 9.74. The van der Waals surface area contributed by atoms with Crippen LogP contribution in [0.5, 0.6) is 0 Å². The highest BCUT2D eigenvalue weighted by molar-refractivity contribution is 7.26. The highest BCUT2D eigenvalue weighted by atomic mass is 32.1. The quantitative estimate of drug-likeness (QED) is 0.705. The Morgan fingerprint density at radius 3 is 2.64 bits per heavy atom. The molecule has 1 amide bonds. The van der Waals surface area contributed by atoms with Gasteiger partial charge in [0.25, 0.3) is 5.91 Å². The first-order valence-corrected chi connectivity index (χ1v) is 9.68. The van der Waals surface area contributed by atoms with E-state index < -0.39 is 11.5 Å². The molecule has 7 heteroatoms. The Morgan fingerprint density at radius 2 is 1.96 bits per heavy atom. The lowest BCUT2D eigenvalue weighted by molar-refractivity contribution is -0.139. The Labute approximate surface area is 152 Å². The summed E-state index contributed by atoms with van der Waals surface area (Å²) in [4.78, 5) is 29.7. The molecule has 1 aliphatic rings. The molecule has 0 bridgehead atoms. The molecule has 1 aliphatic carbocycles. The number of nitrogens with one attached hydrogen (secondary N) is 1. The normalized spacial score (nSPS) is 15.7. The summed E-state index contributed by atoms with van der Waals surface area (Å²) in [6.45, 7) is 0. The summed E-state index contributed by atoms with van der Waals surface area (Å²) < 4.78 is 1.12. The van der Waals surface area contributed by atoms with E-state index in [4.69, 9.17) is 5.11 Å². The Morgan fingerprint density at radius 1 is 1.16 bits per heavy atom. The van der Waals surface area contributed by atoms with Gasteiger partial charge in [-0.25, -0.2) is 4.98 Å². The molecule has 4 rings (SSSR count). The van der Waals surface area contributed by atoms with Crippen LogP contribution in [-0.4, -0.2) is 27.5 Å². The second kappa shape index (κ2) is 6.24. The zero-order chi connectivity index (χ0) is 17.4. The predicted octanol–water partition coefficient (Wildman–Crippen LogP) is 4.15. The number of carboxylic acid groups (broad SMARTS) is 1. The number of thiophene rings is 1. The van der Waals surface area contributed by atoms with Gasteiger partial charge in [0.2, 0.25) is 0 Å². The van der Waals surface area contributed by atoms with Crippen LogP contribution in [0.1, 0.15) is 35.4 Å². The molecule has 0 unspecified atom stereocenters. The van der Waals surface area contributed by atoms with Crippen LogP contribution in [0.15, 0.2) is 36.4 Å². The highest BCUT2D eigenvalue weighted by Gasteiger charge is 2.40. The van der Waals surface area contributed by atoms with E-state index >= 15 is 0 Å². The van der Waals surface area contributed by atoms with Crippen LogP contribution in [0.3, 0.4) is 0 Å². The minimum Gasteiger partial charge on any atom is -0.481 e. The van der Waals surface area contributed by atoms with Crippen molar-refractivity contribution in [1.82, 2.24) is 10.3 Å². The zero-order valence-electron chi connectivity index (χ0n) is 13.3. The van der Waals surface area contributed by atoms with Crippen molar-refractivity contribution in [2.24, 2.45) is 0 Å². The number of thiazole rings is 1. The van der Waals surface area contributed by atoms with Gasteiger partial charge in [0.05, 0.1) is 31.9 Å². The van der Waals surface area contributed by atoms with Crippen molar-refractivity contribution in [1.29, 1.82) is 0 Å². The number of amides is 1. The van der Waals surface area contributed by atoms with E-state index in [2.05, 4.69) is 10.3 Å². The van der Waals surface area contributed by atoms with Crippen LogP contribution in [0.2, 0.25) is 0 Å². The maximum absolute atomic E-state index is 12.5. The van der Waals surface area contributed by atoms with Gasteiger partial charge in [-0.05, 0) is 43.5 Å². The molecule has 1 aromatic carbocycles. The van der Waals surface area contributed by atoms with Gasteiger partial charge in [0.15, 0.2) is 0 Å². The molecule has 3 aromatic rings. The minimum atomic E-state index is -0.874. The van der Waals surface area contributed by atoms with Crippen LogP contribution in [-0.2, 0) is 4.79 Å². The van der Waals surface area contributed by atoms with Crippen LogP contribution in [0, 0.1) is 0 Å². The largest absolute Gasteiger partial charge is 0.481 e. The lowest BCUT2D eigenvalue weighted by Crippen LogP contribution is -2.54. The number of benzene rings is 1. The van der Waals surface area contributed by atoms with E-state index in [0.29, 0.717) is 4.88 Å². The third-order valence-electron chi connectivity index (χ3n) is 4.51. The van der Waals surface area contributed by atoms with E-state index in [0.717, 1.165) is 39.4 Å². The number of carboxylic acids is 1. The Hall–Kier alpha value is -2.25. The van der Waals surface area contributed by atoms with Crippen molar-refractivity contribution in [2.45, 2.75) is 31.2 Å². The summed E-state index contributed by atoms with van der Waals surface area (Å²) >= 11 is 2.99. The number of nitrogens with zero attached hydrogens (tertiary/aromatic N) is 1. The van der Waals surface area contributed by atoms with Gasteiger partial charge in [-0.3, -0.25) is 9.59 Å². The third kappa shape index (κ3) is 3.17. The SMILES string of the molecule is O=C(O)CC1(NC(=O)c2ccc(-c3nc4ccccc4s3)s2)CCC1. The van der Waals surface area contributed by atoms with Crippen molar-refractivity contribution in [3.05, 3.63) is 41.3 Å². The number of carbonyl (C=O) groups excluding carboxylic acids is 1. The molecule has 0 saturated heterocycles. The Bertz CT molecular complexity index is 923. The number of aliphatic carboxylic acids is 1. The third-order valence-corrected chi connectivity index (χ3v) is 6.80. The molecule has 2 aromatic heterocycles. The molecule has 25 heavy (non-hydrogen) atoms. The topological polar surface area (TPSA) is 79.3 Å². The number of rotatable bonds is 5. The molecule has 0 atom stereocenters. The fourth-order valence-corrected chi connectivity index (χ4v) is 5.02. The summed E-state index contributed by atoms with van der Waals surface area (Å²) in [6.07, 6.45) is 2.38. The molecule has 1 saturated carbocycles. The molecule has 2 heterocycles. The maximum Gasteiger partial charge on any atom is 0.305 e. The Balaban J connectivity index is 1.54. The number of carbonyl (C=O) groups is 2. The van der Waals surface area contributed by atoms with E-state index in [1.807, 2.05) is 30.3 Å². The molecule has 2 N–H and O–H groups in total. The van der Waals surface area contributed by atoms with Crippen molar-refractivity contribution in [3.63, 3.8) is 0 Å². The van der Waals surface area contributed by atoms with Crippen LogP contribution in [0.4, 0.5) is 0 Å². The lowest BCUT2D eigenvalue weighted by Gasteiger charge is -2.41. The number of aromatic nitrogens is 1. The van der Waals surface area contributed by atoms with E-state index in [1.165, 1.54) is 11.3 Å². The molecular weight excluding hydrogens is 356 g/mol. The average Bonchev–Trinajstić information content (AvgIpc) is 3.18. The van der Waals surface area contributed by atoms with Gasteiger partial charge in [-0.2, -0.15) is 0 Å². The van der Waals surface area contributed by atoms with Gasteiger partial charge < -0.3 is 10.4 Å². The molecule has 128 valence electrons. The van der Waals surface area contributed by atoms with Crippen LogP contribution >= 0.6 is 22.7 Å². The van der Waals surface area contributed by atoms with Gasteiger partial charge in [-0.15, -0.1) is 22.7 Å². The number of para-hydroxylation sites is 1. The number of hydrogen-bond donors (Lipinski definition) is 2. The highest BCUT2D eigenvalue weighted by Crippen LogP contribution is 2.37. The molecular formula is C18H16N2O3S2. The second-order valence-corrected chi connectivity index (χ2v) is 8.42. The minimum absolute atomic E-state index is 0.0190. The summed E-state index contributed by atoms with van der Waals surface area (Å²) in [7, 11) is 0. The van der Waals surface area contributed by atoms with Crippen molar-refractivity contribution in [2.75, 3.05) is 0 Å². The molecule has 0 radical (unpaired) electrons. The van der Waals surface area contributed by atoms with Crippen molar-refractivity contribution < 1.29 is 14.7 Å². The fraction of sp³-hybridized carbons (Fsp3) is 0.278. The first-order chi connectivity index (χ1) is 12.0. The summed E-state index contributed by atoms with van der Waals surface area (Å²) in [5, 5.41) is 12.9. The van der Waals surface area contributed by atoms with E-state index in [9.17, 15) is 9.59 Å². The average molecular weight is 372 g/mol. The zero-order valence-corrected chi connectivity index (χ0v) is 15.0. The van der Waals surface area contributed by atoms with E-state index in [-0.39, 0.29) is 12.3 Å². The van der Waals surface area contributed by atoms with Gasteiger partial charge in [0.1, 0.15) is 5.01 Å². The van der Waals surface area contributed by atoms with Crippen LogP contribution in [0.25, 0.3) is 20.1 Å². The maximum atomic E-state index is 12.5. The standard InChI is InChI=1S/C18H16N2O3S2/c21-15(22)10-18(8-3-9-18)20-16(23)13-6-7-14(24-13)17-19-11-4-1-2-5-12(11)25-17/h1-2,4-7H,3,8-10H2,(H,20,23)(H,21,22). The summed E-state index contributed by atoms with van der Waals surface area (Å²) in [5.74, 6) is -1.07. The molecule has 5 nitrogen and oxygen atoms in total. The first-order valence-electron chi connectivity index (χ1n) is 8.05. The van der Waals surface area contributed by atoms with Gasteiger partial charge in [-0.1, -0.05) is 12.1 Å². The molecule has 0 spiro atoms. The second-order valence-electron chi connectivity index (χ2n) is 6.31. The molecule has 0 aliphatic heterocycles. The summed E-state index contributed by atoms with van der Waals surface area (Å²) in [5.41, 5.74) is 0.375. The van der Waals surface area contributed by atoms with Crippen LogP contribution < -0.4 is 5.32 Å². The van der Waals surface area contributed by atoms with Crippen molar-refractivity contribution in [3.8, 4) is 9.88 Å². The first kappa shape index (κ1) is 16.2. The number of hydrogen-bond acceptors (Lipinski definition) is 5.